The van der Waals surface area contributed by atoms with Crippen molar-refractivity contribution in [3.8, 4) is 0 Å². The van der Waals surface area contributed by atoms with Crippen LogP contribution in [-0.4, -0.2) is 40.9 Å². The molecule has 0 bridgehead atoms. The fourth-order valence-electron chi connectivity index (χ4n) is 7.25. The second-order valence-electron chi connectivity index (χ2n) is 10.7. The number of fused-ring (bicyclic) bond motifs is 2. The Bertz CT molecular complexity index is 1250. The van der Waals surface area contributed by atoms with Crippen molar-refractivity contribution < 1.29 is 33.0 Å². The molecule has 9 nitrogen and oxygen atoms in total. The van der Waals surface area contributed by atoms with Crippen LogP contribution in [-0.2, 0) is 23.8 Å². The van der Waals surface area contributed by atoms with Gasteiger partial charge in [0.25, 0.3) is 0 Å². The molecule has 0 unspecified atom stereocenters. The molecule has 9 heteroatoms. The Labute approximate surface area is 208 Å². The maximum atomic E-state index is 14.2. The Morgan fingerprint density at radius 3 is 2.67 bits per heavy atom. The van der Waals surface area contributed by atoms with Crippen molar-refractivity contribution in [2.45, 2.75) is 51.7 Å². The number of allylic oxidation sites excluding steroid dienone is 2. The number of nitrogens with zero attached hydrogens (tertiary/aromatic N) is 2. The summed E-state index contributed by atoms with van der Waals surface area (Å²) in [5.41, 5.74) is -0.150. The number of ether oxygens (including phenoxy) is 3. The van der Waals surface area contributed by atoms with Gasteiger partial charge < -0.3 is 18.6 Å². The molecule has 2 aromatic rings. The van der Waals surface area contributed by atoms with Crippen LogP contribution < -0.4 is 0 Å². The number of ketones is 1. The lowest BCUT2D eigenvalue weighted by atomic mass is 9.39. The predicted molar refractivity (Wildman–Crippen MR) is 123 cm³/mol. The van der Waals surface area contributed by atoms with Crippen LogP contribution in [0.25, 0.3) is 0 Å². The van der Waals surface area contributed by atoms with Crippen molar-refractivity contribution >= 4 is 17.7 Å². The van der Waals surface area contributed by atoms with E-state index in [2.05, 4.69) is 16.0 Å². The van der Waals surface area contributed by atoms with Crippen LogP contribution in [0.15, 0.2) is 47.2 Å². The zero-order chi connectivity index (χ0) is 25.2. The highest BCUT2D eigenvalue weighted by atomic mass is 16.6. The molecule has 3 fully saturated rings. The van der Waals surface area contributed by atoms with Crippen molar-refractivity contribution in [2.24, 2.45) is 28.6 Å². The topological polar surface area (TPSA) is 118 Å². The lowest BCUT2D eigenvalue weighted by molar-refractivity contribution is -0.205. The van der Waals surface area contributed by atoms with Gasteiger partial charge in [0.1, 0.15) is 11.9 Å². The molecule has 3 heterocycles. The second-order valence-corrected chi connectivity index (χ2v) is 10.7. The van der Waals surface area contributed by atoms with Crippen LogP contribution in [0.2, 0.25) is 0 Å². The second kappa shape index (κ2) is 8.01. The first kappa shape index (κ1) is 22.9. The number of carbonyl (C=O) groups is 3. The molecule has 188 valence electrons. The summed E-state index contributed by atoms with van der Waals surface area (Å²) in [6, 6.07) is 1.78. The van der Waals surface area contributed by atoms with Crippen molar-refractivity contribution in [3.63, 3.8) is 0 Å². The summed E-state index contributed by atoms with van der Waals surface area (Å²) in [4.78, 5) is 48.4. The van der Waals surface area contributed by atoms with E-state index in [1.807, 2.05) is 6.92 Å². The van der Waals surface area contributed by atoms with E-state index in [-0.39, 0.29) is 23.2 Å². The molecule has 1 aliphatic heterocycles. The number of hydrogen-bond donors (Lipinski definition) is 0. The fourth-order valence-corrected chi connectivity index (χ4v) is 7.25. The van der Waals surface area contributed by atoms with E-state index in [1.54, 1.807) is 32.6 Å². The molecule has 7 atom stereocenters. The Morgan fingerprint density at radius 2 is 1.97 bits per heavy atom. The molecule has 6 rings (SSSR count). The summed E-state index contributed by atoms with van der Waals surface area (Å²) in [5.74, 6) is -0.741. The van der Waals surface area contributed by atoms with Crippen molar-refractivity contribution in [1.82, 2.24) is 9.97 Å². The van der Waals surface area contributed by atoms with Gasteiger partial charge in [0.15, 0.2) is 11.9 Å². The first-order valence-electron chi connectivity index (χ1n) is 12.3. The molecule has 4 aliphatic rings. The number of hydrogen-bond acceptors (Lipinski definition) is 9. The lowest BCUT2D eigenvalue weighted by Gasteiger charge is -2.64. The molecule has 2 aromatic heterocycles. The fraction of sp³-hybridized carbons (Fsp3) is 0.519. The van der Waals surface area contributed by atoms with Crippen LogP contribution in [0.1, 0.15) is 60.5 Å². The standard InChI is InChI=1S/C27H28N2O7/c1-14-28-11-16(12-29-14)24(31)35-19-8-18-21(33-3)10-27(18)6-4-17-25(32)36-20(15-5-7-34-13-15)9-26(17,2)23(27)22(19)30/h5,7,10-13,17-20,23H,4,6,8-9H2,1-3H3/t17-,18-,19-,20-,23+,26-,27+/m0/s1. The number of furan rings is 1. The Kier molecular flexibility index (Phi) is 5.10. The van der Waals surface area contributed by atoms with Crippen LogP contribution in [0.4, 0.5) is 0 Å². The lowest BCUT2D eigenvalue weighted by Crippen LogP contribution is -2.66. The monoisotopic (exact) mass is 492 g/mol. The average molecular weight is 493 g/mol. The summed E-state index contributed by atoms with van der Waals surface area (Å²) in [6.45, 7) is 3.74. The molecule has 1 saturated heterocycles. The number of aryl methyl sites for hydroxylation is 1. The third-order valence-electron chi connectivity index (χ3n) is 8.90. The Morgan fingerprint density at radius 1 is 1.19 bits per heavy atom. The highest BCUT2D eigenvalue weighted by Crippen LogP contribution is 2.70. The van der Waals surface area contributed by atoms with Gasteiger partial charge in [0.2, 0.25) is 0 Å². The Hall–Kier alpha value is -3.49. The van der Waals surface area contributed by atoms with Crippen molar-refractivity contribution in [3.05, 3.63) is 59.8 Å². The van der Waals surface area contributed by atoms with Crippen LogP contribution in [0.3, 0.4) is 0 Å². The minimum Gasteiger partial charge on any atom is -0.501 e. The van der Waals surface area contributed by atoms with Gasteiger partial charge in [-0.15, -0.1) is 0 Å². The zero-order valence-electron chi connectivity index (χ0n) is 20.4. The minimum absolute atomic E-state index is 0.0691. The predicted octanol–water partition coefficient (Wildman–Crippen LogP) is 3.74. The van der Waals surface area contributed by atoms with Crippen LogP contribution in [0, 0.1) is 35.5 Å². The maximum Gasteiger partial charge on any atom is 0.342 e. The SMILES string of the molecule is COC1=C[C@@]23CC[C@H]4C(=O)O[C@H](c5ccoc5)C[C@]4(C)[C@H]2C(=O)[C@@H](OC(=O)c2cnc(C)nc2)C[C@@H]13. The van der Waals surface area contributed by atoms with E-state index in [0.29, 0.717) is 31.5 Å². The molecular formula is C27H28N2O7. The molecule has 2 saturated carbocycles. The smallest absolute Gasteiger partial charge is 0.342 e. The minimum atomic E-state index is -0.957. The highest BCUT2D eigenvalue weighted by molar-refractivity contribution is 5.95. The first-order valence-corrected chi connectivity index (χ1v) is 12.3. The maximum absolute atomic E-state index is 14.2. The van der Waals surface area contributed by atoms with E-state index in [1.165, 1.54) is 12.4 Å². The number of Topliss-reactive ketones (excluding diaryl/α,β-unsaturated/α-hetero) is 1. The molecule has 36 heavy (non-hydrogen) atoms. The summed E-state index contributed by atoms with van der Waals surface area (Å²) < 4.78 is 22.5. The summed E-state index contributed by atoms with van der Waals surface area (Å²) in [5, 5.41) is 0. The largest absolute Gasteiger partial charge is 0.501 e. The Balaban J connectivity index is 1.37. The van der Waals surface area contributed by atoms with Gasteiger partial charge in [0.05, 0.1) is 36.9 Å². The van der Waals surface area contributed by atoms with E-state index < -0.39 is 40.8 Å². The van der Waals surface area contributed by atoms with Gasteiger partial charge in [-0.25, -0.2) is 14.8 Å². The van der Waals surface area contributed by atoms with Gasteiger partial charge in [-0.3, -0.25) is 9.59 Å². The summed E-state index contributed by atoms with van der Waals surface area (Å²) in [6.07, 6.45) is 8.68. The third kappa shape index (κ3) is 3.17. The number of esters is 2. The van der Waals surface area contributed by atoms with E-state index in [0.717, 1.165) is 11.3 Å². The van der Waals surface area contributed by atoms with Gasteiger partial charge in [-0.05, 0) is 43.7 Å². The molecule has 0 N–H and O–H groups in total. The molecule has 0 amide bonds. The molecule has 3 aliphatic carbocycles. The number of cyclic esters (lactones) is 1. The van der Waals surface area contributed by atoms with Gasteiger partial charge in [-0.1, -0.05) is 6.92 Å². The first-order chi connectivity index (χ1) is 17.3. The highest BCUT2D eigenvalue weighted by Gasteiger charge is 2.70. The van der Waals surface area contributed by atoms with Gasteiger partial charge in [0, 0.05) is 41.6 Å². The zero-order valence-corrected chi connectivity index (χ0v) is 20.4. The number of carbonyl (C=O) groups excluding carboxylic acids is 3. The quantitative estimate of drug-likeness (QED) is 0.588. The number of aromatic nitrogens is 2. The molecule has 1 spiro atoms. The van der Waals surface area contributed by atoms with E-state index in [4.69, 9.17) is 18.6 Å². The van der Waals surface area contributed by atoms with Crippen molar-refractivity contribution in [2.75, 3.05) is 7.11 Å². The number of methoxy groups -OCH3 is 1. The number of rotatable bonds is 4. The van der Waals surface area contributed by atoms with Gasteiger partial charge >= 0.3 is 11.9 Å². The molecule has 0 aromatic carbocycles. The van der Waals surface area contributed by atoms with Crippen LogP contribution >= 0.6 is 0 Å². The molecular weight excluding hydrogens is 464 g/mol. The van der Waals surface area contributed by atoms with E-state index >= 15 is 0 Å². The molecule has 0 radical (unpaired) electrons. The van der Waals surface area contributed by atoms with Crippen molar-refractivity contribution in [1.29, 1.82) is 0 Å². The normalized spacial score (nSPS) is 36.9. The summed E-state index contributed by atoms with van der Waals surface area (Å²) in [7, 11) is 1.62. The van der Waals surface area contributed by atoms with Crippen LogP contribution in [0.5, 0.6) is 0 Å². The van der Waals surface area contributed by atoms with E-state index in [9.17, 15) is 14.4 Å². The average Bonchev–Trinajstić information content (AvgIpc) is 3.38. The summed E-state index contributed by atoms with van der Waals surface area (Å²) >= 11 is 0. The van der Waals surface area contributed by atoms with Gasteiger partial charge in [-0.2, -0.15) is 0 Å². The third-order valence-corrected chi connectivity index (χ3v) is 8.90.